The lowest BCUT2D eigenvalue weighted by molar-refractivity contribution is 0.0919. The molecular formula is C23H24N2O3. The van der Waals surface area contributed by atoms with Crippen LogP contribution in [-0.4, -0.2) is 31.0 Å². The fourth-order valence-corrected chi connectivity index (χ4v) is 3.71. The topological polar surface area (TPSA) is 54.7 Å². The van der Waals surface area contributed by atoms with Crippen LogP contribution in [0.2, 0.25) is 0 Å². The fourth-order valence-electron chi connectivity index (χ4n) is 3.71. The summed E-state index contributed by atoms with van der Waals surface area (Å²) in [5.74, 6) is 1.50. The summed E-state index contributed by atoms with van der Waals surface area (Å²) in [5.41, 5.74) is 3.36. The second-order valence-corrected chi connectivity index (χ2v) is 6.96. The van der Waals surface area contributed by atoms with Crippen molar-refractivity contribution in [2.45, 2.75) is 19.0 Å². The number of fused-ring (bicyclic) bond motifs is 1. The minimum Gasteiger partial charge on any atom is -0.497 e. The second-order valence-electron chi connectivity index (χ2n) is 6.96. The van der Waals surface area contributed by atoms with Crippen molar-refractivity contribution in [2.75, 3.05) is 20.2 Å². The first-order chi connectivity index (χ1) is 13.7. The van der Waals surface area contributed by atoms with E-state index in [-0.39, 0.29) is 11.9 Å². The molecule has 0 unspecified atom stereocenters. The zero-order valence-corrected chi connectivity index (χ0v) is 15.9. The molecule has 144 valence electrons. The van der Waals surface area contributed by atoms with Crippen molar-refractivity contribution < 1.29 is 13.9 Å². The van der Waals surface area contributed by atoms with Gasteiger partial charge in [-0.25, -0.2) is 0 Å². The van der Waals surface area contributed by atoms with Crippen LogP contribution in [0, 0.1) is 0 Å². The van der Waals surface area contributed by atoms with Gasteiger partial charge in [0.2, 0.25) is 0 Å². The summed E-state index contributed by atoms with van der Waals surface area (Å²) in [6, 6.07) is 19.5. The van der Waals surface area contributed by atoms with Crippen molar-refractivity contribution in [2.24, 2.45) is 0 Å². The van der Waals surface area contributed by atoms with Gasteiger partial charge in [0.1, 0.15) is 11.5 Å². The molecule has 0 aliphatic carbocycles. The van der Waals surface area contributed by atoms with Crippen LogP contribution in [0.5, 0.6) is 5.75 Å². The maximum Gasteiger partial charge on any atom is 0.251 e. The Morgan fingerprint density at radius 1 is 1.11 bits per heavy atom. The molecule has 1 atom stereocenters. The van der Waals surface area contributed by atoms with Crippen LogP contribution in [0.1, 0.15) is 33.3 Å². The Bertz CT molecular complexity index is 919. The molecule has 0 fully saturated rings. The lowest BCUT2D eigenvalue weighted by atomic mass is 9.98. The number of nitrogens with zero attached hydrogens (tertiary/aromatic N) is 1. The van der Waals surface area contributed by atoms with Crippen molar-refractivity contribution in [3.05, 3.63) is 89.4 Å². The van der Waals surface area contributed by atoms with E-state index >= 15 is 0 Å². The molecule has 5 nitrogen and oxygen atoms in total. The quantitative estimate of drug-likeness (QED) is 0.711. The van der Waals surface area contributed by atoms with E-state index < -0.39 is 0 Å². The maximum absolute atomic E-state index is 12.6. The molecule has 0 saturated carbocycles. The van der Waals surface area contributed by atoms with Crippen LogP contribution < -0.4 is 10.1 Å². The molecule has 2 heterocycles. The smallest absolute Gasteiger partial charge is 0.251 e. The van der Waals surface area contributed by atoms with E-state index in [4.69, 9.17) is 9.15 Å². The van der Waals surface area contributed by atoms with Crippen LogP contribution in [0.4, 0.5) is 0 Å². The number of rotatable bonds is 6. The van der Waals surface area contributed by atoms with E-state index in [0.29, 0.717) is 12.1 Å². The molecule has 1 N–H and O–H groups in total. The van der Waals surface area contributed by atoms with E-state index in [2.05, 4.69) is 34.5 Å². The predicted octanol–water partition coefficient (Wildman–Crippen LogP) is 3.82. The third-order valence-electron chi connectivity index (χ3n) is 5.28. The molecule has 3 aromatic rings. The Morgan fingerprint density at radius 2 is 1.89 bits per heavy atom. The van der Waals surface area contributed by atoms with Crippen molar-refractivity contribution in [3.8, 4) is 5.75 Å². The van der Waals surface area contributed by atoms with E-state index in [1.165, 1.54) is 11.1 Å². The highest BCUT2D eigenvalue weighted by molar-refractivity contribution is 5.94. The molecule has 1 aliphatic rings. The molecule has 0 saturated heterocycles. The van der Waals surface area contributed by atoms with Crippen molar-refractivity contribution in [3.63, 3.8) is 0 Å². The van der Waals surface area contributed by atoms with Crippen LogP contribution >= 0.6 is 0 Å². The van der Waals surface area contributed by atoms with Gasteiger partial charge in [-0.2, -0.15) is 0 Å². The first-order valence-electron chi connectivity index (χ1n) is 9.51. The first kappa shape index (κ1) is 18.3. The molecular weight excluding hydrogens is 352 g/mol. The number of methoxy groups -OCH3 is 1. The number of hydrogen-bond donors (Lipinski definition) is 1. The van der Waals surface area contributed by atoms with Gasteiger partial charge < -0.3 is 14.5 Å². The molecule has 1 aliphatic heterocycles. The van der Waals surface area contributed by atoms with Gasteiger partial charge in [-0.1, -0.05) is 24.3 Å². The van der Waals surface area contributed by atoms with E-state index in [9.17, 15) is 4.79 Å². The molecule has 5 heteroatoms. The number of nitrogens with one attached hydrogen (secondary N) is 1. The highest BCUT2D eigenvalue weighted by Crippen LogP contribution is 2.28. The molecule has 0 bridgehead atoms. The Balaban J connectivity index is 1.47. The number of amides is 1. The van der Waals surface area contributed by atoms with Gasteiger partial charge in [-0.3, -0.25) is 9.69 Å². The molecule has 4 rings (SSSR count). The van der Waals surface area contributed by atoms with Crippen LogP contribution in [0.3, 0.4) is 0 Å². The molecule has 0 radical (unpaired) electrons. The summed E-state index contributed by atoms with van der Waals surface area (Å²) < 4.78 is 10.8. The lowest BCUT2D eigenvalue weighted by Gasteiger charge is -2.34. The first-order valence-corrected chi connectivity index (χ1v) is 9.51. The third kappa shape index (κ3) is 3.94. The van der Waals surface area contributed by atoms with Gasteiger partial charge in [0.25, 0.3) is 5.91 Å². The monoisotopic (exact) mass is 376 g/mol. The van der Waals surface area contributed by atoms with Gasteiger partial charge in [-0.05, 0) is 53.9 Å². The zero-order chi connectivity index (χ0) is 19.3. The minimum atomic E-state index is -0.100. The zero-order valence-electron chi connectivity index (χ0n) is 15.9. The van der Waals surface area contributed by atoms with Gasteiger partial charge in [-0.15, -0.1) is 0 Å². The molecule has 0 spiro atoms. The summed E-state index contributed by atoms with van der Waals surface area (Å²) in [7, 11) is 1.61. The average molecular weight is 376 g/mol. The van der Waals surface area contributed by atoms with Crippen LogP contribution in [0.15, 0.2) is 71.3 Å². The number of benzene rings is 2. The number of hydrogen-bond acceptors (Lipinski definition) is 4. The number of carbonyl (C=O) groups is 1. The second kappa shape index (κ2) is 8.31. The van der Waals surface area contributed by atoms with Gasteiger partial charge in [0, 0.05) is 25.2 Å². The van der Waals surface area contributed by atoms with Crippen LogP contribution in [-0.2, 0) is 13.0 Å². The normalized spacial score (nSPS) is 14.9. The van der Waals surface area contributed by atoms with Gasteiger partial charge in [0.15, 0.2) is 0 Å². The summed E-state index contributed by atoms with van der Waals surface area (Å²) in [6.45, 7) is 2.27. The number of carbonyl (C=O) groups excluding carboxylic acids is 1. The lowest BCUT2D eigenvalue weighted by Crippen LogP contribution is -2.40. The molecule has 1 aromatic heterocycles. The summed E-state index contributed by atoms with van der Waals surface area (Å²) in [5, 5.41) is 3.06. The largest absolute Gasteiger partial charge is 0.497 e. The number of furan rings is 1. The Hall–Kier alpha value is -3.05. The van der Waals surface area contributed by atoms with Crippen molar-refractivity contribution in [1.82, 2.24) is 10.2 Å². The Morgan fingerprint density at radius 3 is 2.61 bits per heavy atom. The Labute approximate surface area is 164 Å². The number of ether oxygens (including phenoxy) is 1. The third-order valence-corrected chi connectivity index (χ3v) is 5.28. The summed E-state index contributed by atoms with van der Waals surface area (Å²) in [4.78, 5) is 15.0. The van der Waals surface area contributed by atoms with Crippen molar-refractivity contribution in [1.29, 1.82) is 0 Å². The van der Waals surface area contributed by atoms with Gasteiger partial charge >= 0.3 is 0 Å². The Kier molecular flexibility index (Phi) is 5.44. The summed E-state index contributed by atoms with van der Waals surface area (Å²) in [6.07, 6.45) is 2.69. The minimum absolute atomic E-state index is 0.00875. The molecule has 2 aromatic carbocycles. The SMILES string of the molecule is COc1ccc(C(=O)NC[C@H](c2ccco2)N2CCc3ccccc3C2)cc1. The standard InChI is InChI=1S/C23H24N2O3/c1-27-20-10-8-18(9-11-20)23(26)24-15-21(22-7-4-14-28-22)25-13-12-17-5-2-3-6-19(17)16-25/h2-11,14,21H,12-13,15-16H2,1H3,(H,24,26)/t21-/m1/s1. The van der Waals surface area contributed by atoms with E-state index in [1.807, 2.05) is 12.1 Å². The van der Waals surface area contributed by atoms with Gasteiger partial charge in [0.05, 0.1) is 19.4 Å². The predicted molar refractivity (Wildman–Crippen MR) is 107 cm³/mol. The van der Waals surface area contributed by atoms with E-state index in [1.54, 1.807) is 37.6 Å². The average Bonchev–Trinajstić information content (AvgIpc) is 3.28. The van der Waals surface area contributed by atoms with Crippen molar-refractivity contribution >= 4 is 5.91 Å². The highest BCUT2D eigenvalue weighted by atomic mass is 16.5. The van der Waals surface area contributed by atoms with E-state index in [0.717, 1.165) is 31.0 Å². The summed E-state index contributed by atoms with van der Waals surface area (Å²) >= 11 is 0. The van der Waals surface area contributed by atoms with Crippen LogP contribution in [0.25, 0.3) is 0 Å². The molecule has 1 amide bonds. The molecule has 28 heavy (non-hydrogen) atoms. The fraction of sp³-hybridized carbons (Fsp3) is 0.261. The highest BCUT2D eigenvalue weighted by Gasteiger charge is 2.27. The maximum atomic E-state index is 12.6.